The third-order valence-corrected chi connectivity index (χ3v) is 8.06. The predicted molar refractivity (Wildman–Crippen MR) is 170 cm³/mol. The van der Waals surface area contributed by atoms with Gasteiger partial charge >= 0.3 is 6.18 Å². The van der Waals surface area contributed by atoms with Crippen molar-refractivity contribution < 1.29 is 32.2 Å². The molecule has 13 heteroatoms. The Morgan fingerprint density at radius 1 is 0.936 bits per heavy atom. The van der Waals surface area contributed by atoms with Gasteiger partial charge in [-0.2, -0.15) is 23.4 Å². The highest BCUT2D eigenvalue weighted by Crippen LogP contribution is 2.45. The largest absolute Gasteiger partial charge is 0.493 e. The molecule has 0 fully saturated rings. The summed E-state index contributed by atoms with van der Waals surface area (Å²) >= 11 is 0. The van der Waals surface area contributed by atoms with E-state index in [1.807, 2.05) is 61.5 Å². The molecule has 1 amide bonds. The van der Waals surface area contributed by atoms with Crippen LogP contribution in [-0.2, 0) is 6.54 Å². The second kappa shape index (κ2) is 12.7. The molecule has 5 aromatic rings. The molecule has 1 aliphatic heterocycles. The Morgan fingerprint density at radius 3 is 2.40 bits per heavy atom. The van der Waals surface area contributed by atoms with Gasteiger partial charge in [0, 0.05) is 12.5 Å². The molecule has 1 aliphatic rings. The first-order valence-corrected chi connectivity index (χ1v) is 14.9. The molecule has 0 saturated heterocycles. The number of benzene rings is 3. The molecular weight excluding hydrogens is 613 g/mol. The zero-order chi connectivity index (χ0) is 33.3. The third kappa shape index (κ3) is 6.60. The monoisotopic (exact) mass is 646 g/mol. The fraction of sp³-hybridized carbons (Fsp3) is 0.265. The number of hydrogen-bond acceptors (Lipinski definition) is 7. The summed E-state index contributed by atoms with van der Waals surface area (Å²) in [5.41, 5.74) is 3.03. The van der Waals surface area contributed by atoms with E-state index in [9.17, 15) is 18.0 Å². The molecule has 2 atom stereocenters. The minimum absolute atomic E-state index is 0.0743. The van der Waals surface area contributed by atoms with Gasteiger partial charge < -0.3 is 24.8 Å². The Kier molecular flexibility index (Phi) is 8.54. The number of amides is 1. The van der Waals surface area contributed by atoms with Gasteiger partial charge in [0.2, 0.25) is 0 Å². The summed E-state index contributed by atoms with van der Waals surface area (Å²) in [6.07, 6.45) is -4.94. The van der Waals surface area contributed by atoms with Crippen LogP contribution in [0.2, 0.25) is 0 Å². The molecule has 2 N–H and O–H groups in total. The number of rotatable bonds is 9. The molecule has 0 saturated carbocycles. The summed E-state index contributed by atoms with van der Waals surface area (Å²) in [6, 6.07) is 20.7. The van der Waals surface area contributed by atoms with E-state index in [0.29, 0.717) is 46.4 Å². The molecule has 10 nitrogen and oxygen atoms in total. The normalized spacial score (nSPS) is 15.8. The first-order chi connectivity index (χ1) is 22.5. The average molecular weight is 647 g/mol. The van der Waals surface area contributed by atoms with Gasteiger partial charge in [-0.05, 0) is 61.4 Å². The maximum Gasteiger partial charge on any atom is 0.410 e. The van der Waals surface area contributed by atoms with Crippen molar-refractivity contribution in [2.75, 3.05) is 24.9 Å². The van der Waals surface area contributed by atoms with E-state index in [2.05, 4.69) is 20.8 Å². The highest BCUT2D eigenvalue weighted by molar-refractivity contribution is 6.04. The molecule has 0 spiro atoms. The van der Waals surface area contributed by atoms with Gasteiger partial charge in [0.05, 0.1) is 43.9 Å². The molecule has 0 aliphatic carbocycles. The van der Waals surface area contributed by atoms with Crippen LogP contribution >= 0.6 is 0 Å². The average Bonchev–Trinajstić information content (AvgIpc) is 3.60. The Labute approximate surface area is 269 Å². The molecule has 3 aromatic carbocycles. The Balaban J connectivity index is 1.21. The molecule has 244 valence electrons. The number of nitrogens with zero attached hydrogens (tertiary/aromatic N) is 4. The van der Waals surface area contributed by atoms with Gasteiger partial charge in [0.1, 0.15) is 17.3 Å². The summed E-state index contributed by atoms with van der Waals surface area (Å²) < 4.78 is 62.0. The maximum absolute atomic E-state index is 14.3. The number of anilines is 2. The van der Waals surface area contributed by atoms with Crippen molar-refractivity contribution in [2.45, 2.75) is 45.1 Å². The molecule has 0 radical (unpaired) electrons. The van der Waals surface area contributed by atoms with Crippen molar-refractivity contribution in [1.82, 2.24) is 19.6 Å². The van der Waals surface area contributed by atoms with Crippen molar-refractivity contribution in [3.63, 3.8) is 0 Å². The highest BCUT2D eigenvalue weighted by atomic mass is 19.4. The number of carbonyl (C=O) groups is 1. The second-order valence-electron chi connectivity index (χ2n) is 11.2. The number of fused-ring (bicyclic) bond motifs is 1. The lowest BCUT2D eigenvalue weighted by molar-refractivity contribution is -0.173. The first-order valence-electron chi connectivity index (χ1n) is 14.9. The van der Waals surface area contributed by atoms with E-state index in [4.69, 9.17) is 14.2 Å². The number of carbonyl (C=O) groups excluding carboxylic acids is 1. The number of halogens is 3. The van der Waals surface area contributed by atoms with Crippen molar-refractivity contribution in [3.05, 3.63) is 107 Å². The fourth-order valence-corrected chi connectivity index (χ4v) is 5.69. The van der Waals surface area contributed by atoms with Gasteiger partial charge in [0.25, 0.3) is 5.91 Å². The van der Waals surface area contributed by atoms with Crippen molar-refractivity contribution >= 4 is 17.4 Å². The van der Waals surface area contributed by atoms with Crippen LogP contribution < -0.4 is 24.8 Å². The minimum atomic E-state index is -4.61. The van der Waals surface area contributed by atoms with Crippen LogP contribution in [-0.4, -0.2) is 45.9 Å². The molecule has 2 unspecified atom stereocenters. The highest BCUT2D eigenvalue weighted by Gasteiger charge is 2.47. The second-order valence-corrected chi connectivity index (χ2v) is 11.2. The van der Waals surface area contributed by atoms with Crippen LogP contribution in [0.1, 0.15) is 51.5 Å². The molecular formula is C34H33F3N6O4. The summed E-state index contributed by atoms with van der Waals surface area (Å²) in [6.45, 7) is 3.97. The van der Waals surface area contributed by atoms with E-state index < -0.39 is 24.2 Å². The SMILES string of the molecule is COc1ccc(C2CC(C(F)(F)F)n3nc(C(=O)Nc4c(C)nn(Cc5cccc(Oc6ccccc6)c5)c4C)cc3N2)cc1OC. The maximum atomic E-state index is 14.3. The van der Waals surface area contributed by atoms with Crippen LogP contribution in [0.3, 0.4) is 0 Å². The van der Waals surface area contributed by atoms with Crippen LogP contribution in [0.4, 0.5) is 24.7 Å². The van der Waals surface area contributed by atoms with Crippen LogP contribution in [0.25, 0.3) is 0 Å². The van der Waals surface area contributed by atoms with E-state index in [0.717, 1.165) is 16.0 Å². The number of aryl methyl sites for hydroxylation is 1. The number of nitrogens with one attached hydrogen (secondary N) is 2. The number of para-hydroxylation sites is 1. The van der Waals surface area contributed by atoms with Crippen LogP contribution in [0.5, 0.6) is 23.0 Å². The lowest BCUT2D eigenvalue weighted by Gasteiger charge is -2.33. The zero-order valence-electron chi connectivity index (χ0n) is 26.1. The lowest BCUT2D eigenvalue weighted by atomic mass is 9.96. The number of methoxy groups -OCH3 is 2. The molecule has 0 bridgehead atoms. The molecule has 47 heavy (non-hydrogen) atoms. The van der Waals surface area contributed by atoms with Gasteiger partial charge in [-0.3, -0.25) is 9.48 Å². The van der Waals surface area contributed by atoms with E-state index in [1.54, 1.807) is 29.8 Å². The molecule has 2 aromatic heterocycles. The smallest absolute Gasteiger partial charge is 0.410 e. The fourth-order valence-electron chi connectivity index (χ4n) is 5.69. The predicted octanol–water partition coefficient (Wildman–Crippen LogP) is 7.47. The number of ether oxygens (including phenoxy) is 3. The van der Waals surface area contributed by atoms with E-state index in [1.165, 1.54) is 20.3 Å². The summed E-state index contributed by atoms with van der Waals surface area (Å²) in [4.78, 5) is 13.4. The topological polar surface area (TPSA) is 104 Å². The van der Waals surface area contributed by atoms with E-state index >= 15 is 0 Å². The quantitative estimate of drug-likeness (QED) is 0.171. The van der Waals surface area contributed by atoms with Gasteiger partial charge in [-0.1, -0.05) is 36.4 Å². The van der Waals surface area contributed by atoms with Crippen molar-refractivity contribution in [2.24, 2.45) is 0 Å². The molecule has 6 rings (SSSR count). The Hall–Kier alpha value is -5.46. The summed E-state index contributed by atoms with van der Waals surface area (Å²) in [7, 11) is 2.94. The van der Waals surface area contributed by atoms with Gasteiger partial charge in [-0.15, -0.1) is 0 Å². The lowest BCUT2D eigenvalue weighted by Crippen LogP contribution is -2.35. The van der Waals surface area contributed by atoms with Gasteiger partial charge in [0.15, 0.2) is 23.2 Å². The number of alkyl halides is 3. The zero-order valence-corrected chi connectivity index (χ0v) is 26.1. The summed E-state index contributed by atoms with van der Waals surface area (Å²) in [5, 5.41) is 14.6. The Morgan fingerprint density at radius 2 is 1.68 bits per heavy atom. The number of aromatic nitrogens is 4. The first kappa shape index (κ1) is 31.5. The van der Waals surface area contributed by atoms with Crippen LogP contribution in [0, 0.1) is 13.8 Å². The minimum Gasteiger partial charge on any atom is -0.493 e. The van der Waals surface area contributed by atoms with E-state index in [-0.39, 0.29) is 17.9 Å². The van der Waals surface area contributed by atoms with Crippen LogP contribution in [0.15, 0.2) is 78.9 Å². The molecule has 3 heterocycles. The third-order valence-electron chi connectivity index (χ3n) is 8.06. The summed E-state index contributed by atoms with van der Waals surface area (Å²) in [5.74, 6) is 1.67. The standard InChI is InChI=1S/C34H33F3N6O4/c1-20-32(21(2)42(40-20)19-22-9-8-12-25(15-22)47-24-10-6-5-7-11-24)39-33(44)27-18-31-38-26(17-30(34(35,36)37)43(31)41-27)23-13-14-28(45-3)29(16-23)46-4/h5-16,18,26,30,38H,17,19H2,1-4H3,(H,39,44). The number of hydrogen-bond donors (Lipinski definition) is 2. The van der Waals surface area contributed by atoms with Gasteiger partial charge in [-0.25, -0.2) is 4.68 Å². The van der Waals surface area contributed by atoms with Crippen molar-refractivity contribution in [3.8, 4) is 23.0 Å². The van der Waals surface area contributed by atoms with Crippen molar-refractivity contribution in [1.29, 1.82) is 0 Å². The Bertz CT molecular complexity index is 1900.